The van der Waals surface area contributed by atoms with Gasteiger partial charge in [-0.15, -0.1) is 5.10 Å². The van der Waals surface area contributed by atoms with E-state index in [1.165, 1.54) is 17.7 Å². The fourth-order valence-electron chi connectivity index (χ4n) is 5.85. The highest BCUT2D eigenvalue weighted by atomic mass is 32.2. The number of H-pyrrole nitrogens is 1. The Morgan fingerprint density at radius 1 is 1.12 bits per heavy atom. The van der Waals surface area contributed by atoms with E-state index in [1.807, 2.05) is 25.1 Å². The maximum Gasteiger partial charge on any atom is 0.325 e. The van der Waals surface area contributed by atoms with Crippen LogP contribution in [0.25, 0.3) is 11.2 Å². The summed E-state index contributed by atoms with van der Waals surface area (Å²) >= 11 is 0. The molecule has 222 valence electrons. The zero-order valence-corrected chi connectivity index (χ0v) is 24.7. The first-order valence-electron chi connectivity index (χ1n) is 14.4. The Morgan fingerprint density at radius 3 is 2.62 bits per heavy atom. The van der Waals surface area contributed by atoms with Gasteiger partial charge in [-0.3, -0.25) is 9.59 Å². The number of carboxylic acid groups (broad SMARTS) is 1. The van der Waals surface area contributed by atoms with Crippen molar-refractivity contribution < 1.29 is 18.3 Å². The number of nitrogens with zero attached hydrogens (tertiary/aromatic N) is 5. The third-order valence-corrected chi connectivity index (χ3v) is 10.2. The van der Waals surface area contributed by atoms with Crippen LogP contribution in [-0.2, 0) is 27.7 Å². The predicted molar refractivity (Wildman–Crippen MR) is 158 cm³/mol. The van der Waals surface area contributed by atoms with E-state index in [0.717, 1.165) is 23.6 Å². The second-order valence-electron chi connectivity index (χ2n) is 11.0. The summed E-state index contributed by atoms with van der Waals surface area (Å²) in [5, 5.41) is 18.3. The quantitative estimate of drug-likeness (QED) is 0.264. The van der Waals surface area contributed by atoms with Crippen LogP contribution in [0.3, 0.4) is 0 Å². The smallest absolute Gasteiger partial charge is 0.325 e. The zero-order valence-electron chi connectivity index (χ0n) is 23.9. The molecule has 1 aliphatic heterocycles. The molecular formula is C30H36N6O5S. The molecule has 2 N–H and O–H groups in total. The van der Waals surface area contributed by atoms with Crippen molar-refractivity contribution in [1.29, 1.82) is 0 Å². The topological polar surface area (TPSA) is 151 Å². The molecule has 0 bridgehead atoms. The van der Waals surface area contributed by atoms with Crippen molar-refractivity contribution in [1.82, 2.24) is 29.3 Å². The molecule has 2 aromatic heterocycles. The second kappa shape index (κ2) is 12.1. The number of sulfonamides is 1. The Hall–Kier alpha value is -3.90. The van der Waals surface area contributed by atoms with E-state index in [4.69, 9.17) is 0 Å². The first-order chi connectivity index (χ1) is 20.2. The van der Waals surface area contributed by atoms with Crippen molar-refractivity contribution >= 4 is 27.2 Å². The standard InChI is InChI=1S/C30H36N6O5S/c1-3-30(29(38)39)17-7-8-18-35(30)42(40,41)24-16-10-15-23(19-24)20-25-31-27-26(28(37)32-25)33-34-36(27)21(2)11-9-14-22-12-5-4-6-13-22/h4-6,10,12-13,15-16,19,21H,3,7-9,11,14,17-18,20H2,1-2H3,(H,38,39)(H,31,32,37). The summed E-state index contributed by atoms with van der Waals surface area (Å²) in [4.78, 5) is 32.6. The average Bonchev–Trinajstić information content (AvgIpc) is 3.42. The average molecular weight is 593 g/mol. The molecule has 0 saturated carbocycles. The summed E-state index contributed by atoms with van der Waals surface area (Å²) in [6, 6.07) is 16.6. The normalized spacial score (nSPS) is 18.7. The van der Waals surface area contributed by atoms with E-state index in [0.29, 0.717) is 29.9 Å². The van der Waals surface area contributed by atoms with E-state index < -0.39 is 27.1 Å². The number of aromatic nitrogens is 5. The molecule has 5 rings (SSSR count). The fourth-order valence-corrected chi connectivity index (χ4v) is 7.78. The maximum atomic E-state index is 13.7. The van der Waals surface area contributed by atoms with E-state index >= 15 is 0 Å². The Morgan fingerprint density at radius 2 is 1.88 bits per heavy atom. The molecule has 0 amide bonds. The molecule has 1 fully saturated rings. The maximum absolute atomic E-state index is 13.7. The van der Waals surface area contributed by atoms with E-state index in [2.05, 4.69) is 32.4 Å². The van der Waals surface area contributed by atoms with Gasteiger partial charge in [0.25, 0.3) is 5.56 Å². The number of carbonyl (C=O) groups is 1. The minimum absolute atomic E-state index is 0.0168. The summed E-state index contributed by atoms with van der Waals surface area (Å²) in [7, 11) is -4.09. The van der Waals surface area contributed by atoms with Crippen LogP contribution in [0.1, 0.15) is 75.4 Å². The van der Waals surface area contributed by atoms with Crippen LogP contribution in [0.4, 0.5) is 0 Å². The predicted octanol–water partition coefficient (Wildman–Crippen LogP) is 4.10. The highest BCUT2D eigenvalue weighted by Gasteiger charge is 2.50. The molecule has 0 radical (unpaired) electrons. The third-order valence-electron chi connectivity index (χ3n) is 8.25. The van der Waals surface area contributed by atoms with E-state index in [1.54, 1.807) is 23.7 Å². The monoisotopic (exact) mass is 592 g/mol. The third kappa shape index (κ3) is 5.73. The molecule has 42 heavy (non-hydrogen) atoms. The number of benzene rings is 2. The summed E-state index contributed by atoms with van der Waals surface area (Å²) in [6.45, 7) is 3.88. The minimum Gasteiger partial charge on any atom is -0.480 e. The number of fused-ring (bicyclic) bond motifs is 1. The van der Waals surface area contributed by atoms with Gasteiger partial charge in [-0.2, -0.15) is 4.31 Å². The first kappa shape index (κ1) is 29.6. The lowest BCUT2D eigenvalue weighted by Gasteiger charge is -2.42. The van der Waals surface area contributed by atoms with Crippen molar-refractivity contribution in [3.05, 3.63) is 81.9 Å². The lowest BCUT2D eigenvalue weighted by Crippen LogP contribution is -2.58. The number of nitrogens with one attached hydrogen (secondary N) is 1. The second-order valence-corrected chi connectivity index (χ2v) is 12.9. The number of aliphatic carboxylic acids is 1. The van der Waals surface area contributed by atoms with Gasteiger partial charge >= 0.3 is 5.97 Å². The molecule has 11 nitrogen and oxygen atoms in total. The van der Waals surface area contributed by atoms with Gasteiger partial charge in [0.2, 0.25) is 10.0 Å². The number of rotatable bonds is 11. The molecule has 0 spiro atoms. The van der Waals surface area contributed by atoms with Gasteiger partial charge < -0.3 is 10.1 Å². The number of hydrogen-bond donors (Lipinski definition) is 2. The van der Waals surface area contributed by atoms with Gasteiger partial charge in [-0.1, -0.05) is 54.6 Å². The molecule has 2 aromatic carbocycles. The summed E-state index contributed by atoms with van der Waals surface area (Å²) in [5.41, 5.74) is 0.533. The van der Waals surface area contributed by atoms with Gasteiger partial charge in [0.05, 0.1) is 10.9 Å². The van der Waals surface area contributed by atoms with Crippen LogP contribution in [0, 0.1) is 0 Å². The molecule has 4 aromatic rings. The van der Waals surface area contributed by atoms with Crippen LogP contribution >= 0.6 is 0 Å². The van der Waals surface area contributed by atoms with E-state index in [-0.39, 0.29) is 42.3 Å². The highest BCUT2D eigenvalue weighted by Crippen LogP contribution is 2.36. The Kier molecular flexibility index (Phi) is 8.55. The summed E-state index contributed by atoms with van der Waals surface area (Å²) in [5.74, 6) is -0.771. The summed E-state index contributed by atoms with van der Waals surface area (Å²) < 4.78 is 30.3. The first-order valence-corrected chi connectivity index (χ1v) is 15.8. The SMILES string of the molecule is CCC1(C(=O)O)CCCCN1S(=O)(=O)c1cccc(Cc2nc3c(nnn3C(C)CCCc3ccccc3)c(=O)[nH]2)c1. The van der Waals surface area contributed by atoms with Crippen LogP contribution in [-0.4, -0.2) is 60.8 Å². The number of piperidine rings is 1. The molecular weight excluding hydrogens is 556 g/mol. The molecule has 0 aliphatic carbocycles. The largest absolute Gasteiger partial charge is 0.480 e. The van der Waals surface area contributed by atoms with Gasteiger partial charge in [-0.05, 0) is 75.1 Å². The number of hydrogen-bond acceptors (Lipinski definition) is 7. The Bertz CT molecular complexity index is 1740. The fraction of sp³-hybridized carbons (Fsp3) is 0.433. The van der Waals surface area contributed by atoms with Crippen molar-refractivity contribution in [2.75, 3.05) is 6.54 Å². The van der Waals surface area contributed by atoms with Crippen molar-refractivity contribution in [3.8, 4) is 0 Å². The van der Waals surface area contributed by atoms with Crippen LogP contribution in [0.2, 0.25) is 0 Å². The Labute approximate surface area is 244 Å². The van der Waals surface area contributed by atoms with Gasteiger partial charge in [0.1, 0.15) is 11.4 Å². The van der Waals surface area contributed by atoms with Crippen LogP contribution in [0.15, 0.2) is 64.3 Å². The zero-order chi connectivity index (χ0) is 29.9. The number of aryl methyl sites for hydroxylation is 1. The molecule has 12 heteroatoms. The molecule has 2 atom stereocenters. The molecule has 1 saturated heterocycles. The lowest BCUT2D eigenvalue weighted by atomic mass is 9.86. The minimum atomic E-state index is -4.09. The van der Waals surface area contributed by atoms with Gasteiger partial charge in [0.15, 0.2) is 11.2 Å². The Balaban J connectivity index is 1.38. The molecule has 2 unspecified atom stereocenters. The van der Waals surface area contributed by atoms with Crippen LogP contribution in [0.5, 0.6) is 0 Å². The van der Waals surface area contributed by atoms with Crippen molar-refractivity contribution in [2.45, 2.75) is 81.7 Å². The summed E-state index contributed by atoms with van der Waals surface area (Å²) in [6.07, 6.45) is 4.56. The number of aromatic amines is 1. The molecule has 3 heterocycles. The van der Waals surface area contributed by atoms with Crippen molar-refractivity contribution in [3.63, 3.8) is 0 Å². The van der Waals surface area contributed by atoms with Crippen LogP contribution < -0.4 is 5.56 Å². The van der Waals surface area contributed by atoms with Crippen molar-refractivity contribution in [2.24, 2.45) is 0 Å². The van der Waals surface area contributed by atoms with Gasteiger partial charge in [0, 0.05) is 13.0 Å². The van der Waals surface area contributed by atoms with Gasteiger partial charge in [-0.25, -0.2) is 18.1 Å². The van der Waals surface area contributed by atoms with E-state index in [9.17, 15) is 23.1 Å². The number of carboxylic acids is 1. The molecule has 1 aliphatic rings. The highest BCUT2D eigenvalue weighted by molar-refractivity contribution is 7.89. The lowest BCUT2D eigenvalue weighted by molar-refractivity contribution is -0.150.